The van der Waals surface area contributed by atoms with E-state index in [0.29, 0.717) is 0 Å². The lowest BCUT2D eigenvalue weighted by Gasteiger charge is -2.11. The molecular weight excluding hydrogens is 264 g/mol. The molecule has 0 atom stereocenters. The summed E-state index contributed by atoms with van der Waals surface area (Å²) in [6.07, 6.45) is 2.17. The molecule has 0 amide bonds. The van der Waals surface area contributed by atoms with Gasteiger partial charge in [-0.15, -0.1) is 0 Å². The molecule has 0 unspecified atom stereocenters. The largest absolute Gasteiger partial charge is 0.0616 e. The van der Waals surface area contributed by atoms with Gasteiger partial charge in [-0.2, -0.15) is 0 Å². The van der Waals surface area contributed by atoms with Crippen molar-refractivity contribution in [2.75, 3.05) is 0 Å². The van der Waals surface area contributed by atoms with Crippen LogP contribution >= 0.6 is 0 Å². The predicted octanol–water partition coefficient (Wildman–Crippen LogP) is 6.15. The van der Waals surface area contributed by atoms with Crippen LogP contribution < -0.4 is 0 Å². The fraction of sp³-hybridized carbons (Fsp3) is 0.182. The standard InChI is InChI=1S/C22H22/c1-3-17-9-13-19(14-10-17)21-7-5-6-8-22(21)20-15-11-18(4-2)12-16-20/h5-16H,3-4H2,1-2H3. The molecule has 0 aromatic heterocycles. The molecular formula is C22H22. The molecule has 0 nitrogen and oxygen atoms in total. The Bertz CT molecular complexity index is 667. The lowest BCUT2D eigenvalue weighted by Crippen LogP contribution is -1.87. The molecule has 0 aliphatic rings. The molecule has 0 bridgehead atoms. The van der Waals surface area contributed by atoms with Gasteiger partial charge in [0, 0.05) is 0 Å². The fourth-order valence-electron chi connectivity index (χ4n) is 2.83. The zero-order valence-electron chi connectivity index (χ0n) is 13.3. The van der Waals surface area contributed by atoms with E-state index in [9.17, 15) is 0 Å². The number of hydrogen-bond acceptors (Lipinski definition) is 0. The molecule has 0 aliphatic heterocycles. The summed E-state index contributed by atoms with van der Waals surface area (Å²) >= 11 is 0. The highest BCUT2D eigenvalue weighted by atomic mass is 14.1. The Morgan fingerprint density at radius 1 is 0.500 bits per heavy atom. The molecule has 0 aliphatic carbocycles. The number of aryl methyl sites for hydroxylation is 2. The highest BCUT2D eigenvalue weighted by Gasteiger charge is 2.06. The summed E-state index contributed by atoms with van der Waals surface area (Å²) in [6.45, 7) is 4.39. The van der Waals surface area contributed by atoms with Crippen molar-refractivity contribution in [3.8, 4) is 22.3 Å². The molecule has 22 heavy (non-hydrogen) atoms. The second-order valence-corrected chi connectivity index (χ2v) is 5.65. The van der Waals surface area contributed by atoms with Gasteiger partial charge in [-0.25, -0.2) is 0 Å². The zero-order chi connectivity index (χ0) is 15.4. The van der Waals surface area contributed by atoms with Crippen molar-refractivity contribution in [2.24, 2.45) is 0 Å². The van der Waals surface area contributed by atoms with Gasteiger partial charge in [0.25, 0.3) is 0 Å². The van der Waals surface area contributed by atoms with Crippen molar-refractivity contribution in [3.05, 3.63) is 83.9 Å². The molecule has 0 saturated heterocycles. The molecule has 0 fully saturated rings. The molecule has 0 radical (unpaired) electrons. The maximum absolute atomic E-state index is 2.23. The van der Waals surface area contributed by atoms with E-state index < -0.39 is 0 Å². The molecule has 0 heterocycles. The molecule has 0 spiro atoms. The average molecular weight is 286 g/mol. The van der Waals surface area contributed by atoms with E-state index in [4.69, 9.17) is 0 Å². The third-order valence-electron chi connectivity index (χ3n) is 4.27. The van der Waals surface area contributed by atoms with E-state index in [2.05, 4.69) is 86.6 Å². The van der Waals surface area contributed by atoms with Crippen LogP contribution in [0.2, 0.25) is 0 Å². The quantitative estimate of drug-likeness (QED) is 0.540. The zero-order valence-corrected chi connectivity index (χ0v) is 13.3. The van der Waals surface area contributed by atoms with Gasteiger partial charge in [0.1, 0.15) is 0 Å². The van der Waals surface area contributed by atoms with Gasteiger partial charge in [-0.1, -0.05) is 86.6 Å². The molecule has 3 aromatic rings. The minimum atomic E-state index is 1.08. The lowest BCUT2D eigenvalue weighted by atomic mass is 9.93. The highest BCUT2D eigenvalue weighted by molar-refractivity contribution is 5.83. The van der Waals surface area contributed by atoms with E-state index in [1.54, 1.807) is 0 Å². The fourth-order valence-corrected chi connectivity index (χ4v) is 2.83. The van der Waals surface area contributed by atoms with Crippen LogP contribution in [0.5, 0.6) is 0 Å². The second kappa shape index (κ2) is 6.62. The monoisotopic (exact) mass is 286 g/mol. The molecule has 0 saturated carbocycles. The van der Waals surface area contributed by atoms with Crippen molar-refractivity contribution >= 4 is 0 Å². The van der Waals surface area contributed by atoms with Gasteiger partial charge in [-0.3, -0.25) is 0 Å². The van der Waals surface area contributed by atoms with Gasteiger partial charge in [0.05, 0.1) is 0 Å². The van der Waals surface area contributed by atoms with Crippen LogP contribution in [-0.4, -0.2) is 0 Å². The summed E-state index contributed by atoms with van der Waals surface area (Å²) < 4.78 is 0. The van der Waals surface area contributed by atoms with Gasteiger partial charge >= 0.3 is 0 Å². The molecule has 0 N–H and O–H groups in total. The summed E-state index contributed by atoms with van der Waals surface area (Å²) in [4.78, 5) is 0. The summed E-state index contributed by atoms with van der Waals surface area (Å²) in [7, 11) is 0. The van der Waals surface area contributed by atoms with Crippen molar-refractivity contribution in [3.63, 3.8) is 0 Å². The van der Waals surface area contributed by atoms with Crippen LogP contribution in [0, 0.1) is 0 Å². The van der Waals surface area contributed by atoms with E-state index in [1.165, 1.54) is 33.4 Å². The van der Waals surface area contributed by atoms with Gasteiger partial charge in [0.15, 0.2) is 0 Å². The van der Waals surface area contributed by atoms with Crippen LogP contribution in [-0.2, 0) is 12.8 Å². The average Bonchev–Trinajstić information content (AvgIpc) is 2.62. The normalized spacial score (nSPS) is 10.6. The Hall–Kier alpha value is -2.34. The number of rotatable bonds is 4. The summed E-state index contributed by atoms with van der Waals surface area (Å²) in [5, 5.41) is 0. The van der Waals surface area contributed by atoms with Crippen LogP contribution in [0.4, 0.5) is 0 Å². The second-order valence-electron chi connectivity index (χ2n) is 5.65. The third kappa shape index (κ3) is 2.96. The van der Waals surface area contributed by atoms with Crippen LogP contribution in [0.25, 0.3) is 22.3 Å². The Morgan fingerprint density at radius 2 is 0.864 bits per heavy atom. The first-order valence-electron chi connectivity index (χ1n) is 8.09. The lowest BCUT2D eigenvalue weighted by molar-refractivity contribution is 1.14. The SMILES string of the molecule is CCc1ccc(-c2ccccc2-c2ccc(CC)cc2)cc1. The maximum Gasteiger partial charge on any atom is -0.0105 e. The highest BCUT2D eigenvalue weighted by Crippen LogP contribution is 2.32. The smallest absolute Gasteiger partial charge is 0.0105 e. The Labute approximate surface area is 133 Å². The van der Waals surface area contributed by atoms with E-state index >= 15 is 0 Å². The number of benzene rings is 3. The predicted molar refractivity (Wildman–Crippen MR) is 96.1 cm³/mol. The molecule has 3 rings (SSSR count). The summed E-state index contributed by atoms with van der Waals surface area (Å²) in [5.41, 5.74) is 7.94. The molecule has 110 valence electrons. The first-order valence-corrected chi connectivity index (χ1v) is 8.09. The first-order chi connectivity index (χ1) is 10.8. The van der Waals surface area contributed by atoms with Gasteiger partial charge in [-0.05, 0) is 46.2 Å². The first kappa shape index (κ1) is 14.6. The van der Waals surface area contributed by atoms with Crippen LogP contribution in [0.1, 0.15) is 25.0 Å². The van der Waals surface area contributed by atoms with Crippen molar-refractivity contribution in [1.82, 2.24) is 0 Å². The summed E-state index contributed by atoms with van der Waals surface area (Å²) in [6, 6.07) is 26.5. The van der Waals surface area contributed by atoms with Crippen molar-refractivity contribution < 1.29 is 0 Å². The van der Waals surface area contributed by atoms with Crippen molar-refractivity contribution in [2.45, 2.75) is 26.7 Å². The van der Waals surface area contributed by atoms with Gasteiger partial charge < -0.3 is 0 Å². The van der Waals surface area contributed by atoms with E-state index in [-0.39, 0.29) is 0 Å². The number of hydrogen-bond donors (Lipinski definition) is 0. The van der Waals surface area contributed by atoms with Gasteiger partial charge in [0.2, 0.25) is 0 Å². The Balaban J connectivity index is 2.04. The molecule has 0 heteroatoms. The Morgan fingerprint density at radius 3 is 1.18 bits per heavy atom. The Kier molecular flexibility index (Phi) is 4.39. The minimum absolute atomic E-state index is 1.08. The maximum atomic E-state index is 2.23. The van der Waals surface area contributed by atoms with Crippen molar-refractivity contribution in [1.29, 1.82) is 0 Å². The third-order valence-corrected chi connectivity index (χ3v) is 4.27. The summed E-state index contributed by atoms with van der Waals surface area (Å²) in [5.74, 6) is 0. The topological polar surface area (TPSA) is 0 Å². The van der Waals surface area contributed by atoms with E-state index in [1.807, 2.05) is 0 Å². The van der Waals surface area contributed by atoms with Crippen LogP contribution in [0.15, 0.2) is 72.8 Å². The molecule has 3 aromatic carbocycles. The minimum Gasteiger partial charge on any atom is -0.0616 e. The van der Waals surface area contributed by atoms with E-state index in [0.717, 1.165) is 12.8 Å². The van der Waals surface area contributed by atoms with Crippen LogP contribution in [0.3, 0.4) is 0 Å².